The summed E-state index contributed by atoms with van der Waals surface area (Å²) in [6, 6.07) is 1.74. The predicted octanol–water partition coefficient (Wildman–Crippen LogP) is 2.20. The van der Waals surface area contributed by atoms with Gasteiger partial charge in [-0.15, -0.1) is 0 Å². The second-order valence-corrected chi connectivity index (χ2v) is 3.82. The van der Waals surface area contributed by atoms with E-state index in [-0.39, 0.29) is 6.10 Å². The first-order valence-corrected chi connectivity index (χ1v) is 5.90. The lowest BCUT2D eigenvalue weighted by Gasteiger charge is -2.09. The molecule has 0 saturated heterocycles. The van der Waals surface area contributed by atoms with Crippen LogP contribution in [0.1, 0.15) is 32.2 Å². The quantitative estimate of drug-likeness (QED) is 0.872. The fourth-order valence-electron chi connectivity index (χ4n) is 1.63. The molecular formula is C12H16N4O2. The lowest BCUT2D eigenvalue weighted by atomic mass is 10.2. The Kier molecular flexibility index (Phi) is 3.88. The zero-order chi connectivity index (χ0) is 13.0. The Labute approximate surface area is 105 Å². The van der Waals surface area contributed by atoms with Crippen molar-refractivity contribution in [3.05, 3.63) is 24.3 Å². The van der Waals surface area contributed by atoms with Crippen LogP contribution in [-0.4, -0.2) is 21.7 Å². The number of nitrogen functional groups attached to an aromatic ring is 1. The number of nitrogens with zero attached hydrogens (tertiary/aromatic N) is 3. The SMILES string of the molecule is CCOC(CC)c1noc(-c2cncc(N)c2)n1. The van der Waals surface area contributed by atoms with Crippen LogP contribution < -0.4 is 5.73 Å². The molecule has 6 heteroatoms. The van der Waals surface area contributed by atoms with Crippen molar-refractivity contribution in [3.63, 3.8) is 0 Å². The Bertz CT molecular complexity index is 512. The van der Waals surface area contributed by atoms with Gasteiger partial charge in [0.2, 0.25) is 5.82 Å². The van der Waals surface area contributed by atoms with Crippen molar-refractivity contribution in [2.24, 2.45) is 0 Å². The van der Waals surface area contributed by atoms with Gasteiger partial charge in [0.1, 0.15) is 6.10 Å². The zero-order valence-corrected chi connectivity index (χ0v) is 10.5. The summed E-state index contributed by atoms with van der Waals surface area (Å²) in [5.41, 5.74) is 6.93. The number of aromatic nitrogens is 3. The molecule has 1 unspecified atom stereocenters. The molecule has 0 radical (unpaired) electrons. The Hall–Kier alpha value is -1.95. The highest BCUT2D eigenvalue weighted by Gasteiger charge is 2.17. The molecule has 2 N–H and O–H groups in total. The van der Waals surface area contributed by atoms with Gasteiger partial charge >= 0.3 is 0 Å². The Morgan fingerprint density at radius 2 is 2.22 bits per heavy atom. The van der Waals surface area contributed by atoms with Gasteiger partial charge in [0.25, 0.3) is 5.89 Å². The molecular weight excluding hydrogens is 232 g/mol. The van der Waals surface area contributed by atoms with Crippen molar-refractivity contribution in [2.45, 2.75) is 26.4 Å². The number of hydrogen-bond donors (Lipinski definition) is 1. The number of pyridine rings is 1. The maximum absolute atomic E-state index is 5.66. The lowest BCUT2D eigenvalue weighted by Crippen LogP contribution is -2.04. The number of hydrogen-bond acceptors (Lipinski definition) is 6. The smallest absolute Gasteiger partial charge is 0.259 e. The molecule has 0 amide bonds. The first kappa shape index (κ1) is 12.5. The standard InChI is InChI=1S/C12H16N4O2/c1-3-10(17-4-2)11-15-12(18-16-11)8-5-9(13)7-14-6-8/h5-7,10H,3-4,13H2,1-2H3. The molecule has 96 valence electrons. The van der Waals surface area contributed by atoms with Gasteiger partial charge in [0, 0.05) is 19.0 Å². The van der Waals surface area contributed by atoms with Crippen LogP contribution in [-0.2, 0) is 4.74 Å². The van der Waals surface area contributed by atoms with Crippen LogP contribution in [0.15, 0.2) is 23.0 Å². The third kappa shape index (κ3) is 2.65. The topological polar surface area (TPSA) is 87.1 Å². The van der Waals surface area contributed by atoms with E-state index in [1.165, 1.54) is 0 Å². The van der Waals surface area contributed by atoms with Crippen molar-refractivity contribution >= 4 is 5.69 Å². The Morgan fingerprint density at radius 3 is 2.89 bits per heavy atom. The average Bonchev–Trinajstić information content (AvgIpc) is 2.85. The van der Waals surface area contributed by atoms with E-state index in [1.807, 2.05) is 13.8 Å². The highest BCUT2D eigenvalue weighted by molar-refractivity contribution is 5.57. The van der Waals surface area contributed by atoms with Crippen LogP contribution >= 0.6 is 0 Å². The summed E-state index contributed by atoms with van der Waals surface area (Å²) in [5, 5.41) is 3.93. The minimum absolute atomic E-state index is 0.137. The van der Waals surface area contributed by atoms with Gasteiger partial charge in [-0.25, -0.2) is 0 Å². The predicted molar refractivity (Wildman–Crippen MR) is 66.6 cm³/mol. The molecule has 0 saturated carbocycles. The molecule has 0 aliphatic heterocycles. The molecule has 0 bridgehead atoms. The first-order chi connectivity index (χ1) is 8.74. The van der Waals surface area contributed by atoms with Gasteiger partial charge in [0.05, 0.1) is 11.3 Å². The second-order valence-electron chi connectivity index (χ2n) is 3.82. The Morgan fingerprint density at radius 1 is 1.39 bits per heavy atom. The molecule has 0 aliphatic rings. The number of anilines is 1. The normalized spacial score (nSPS) is 12.6. The van der Waals surface area contributed by atoms with Crippen molar-refractivity contribution in [3.8, 4) is 11.5 Å². The summed E-state index contributed by atoms with van der Waals surface area (Å²) in [7, 11) is 0. The van der Waals surface area contributed by atoms with Crippen molar-refractivity contribution in [1.29, 1.82) is 0 Å². The van der Waals surface area contributed by atoms with Gasteiger partial charge in [-0.1, -0.05) is 12.1 Å². The van der Waals surface area contributed by atoms with Crippen LogP contribution in [0.3, 0.4) is 0 Å². The van der Waals surface area contributed by atoms with E-state index < -0.39 is 0 Å². The highest BCUT2D eigenvalue weighted by atomic mass is 16.5. The summed E-state index contributed by atoms with van der Waals surface area (Å²) in [5.74, 6) is 0.958. The van der Waals surface area contributed by atoms with Gasteiger partial charge in [-0.2, -0.15) is 4.98 Å². The molecule has 18 heavy (non-hydrogen) atoms. The second kappa shape index (κ2) is 5.59. The number of nitrogens with two attached hydrogens (primary N) is 1. The molecule has 0 aromatic carbocycles. The van der Waals surface area contributed by atoms with Crippen LogP contribution in [0, 0.1) is 0 Å². The molecule has 2 aromatic heterocycles. The molecule has 0 fully saturated rings. The molecule has 2 rings (SSSR count). The van der Waals surface area contributed by atoms with Gasteiger partial charge in [-0.3, -0.25) is 4.98 Å². The van der Waals surface area contributed by atoms with E-state index in [4.69, 9.17) is 15.0 Å². The molecule has 0 aliphatic carbocycles. The maximum atomic E-state index is 5.66. The average molecular weight is 248 g/mol. The summed E-state index contributed by atoms with van der Waals surface area (Å²) in [4.78, 5) is 8.30. The minimum Gasteiger partial charge on any atom is -0.397 e. The van der Waals surface area contributed by atoms with E-state index in [0.29, 0.717) is 29.6 Å². The third-order valence-corrected chi connectivity index (χ3v) is 2.47. The molecule has 6 nitrogen and oxygen atoms in total. The van der Waals surface area contributed by atoms with E-state index in [1.54, 1.807) is 18.5 Å². The molecule has 0 spiro atoms. The first-order valence-electron chi connectivity index (χ1n) is 5.90. The molecule has 2 aromatic rings. The van der Waals surface area contributed by atoms with Gasteiger partial charge < -0.3 is 15.0 Å². The van der Waals surface area contributed by atoms with Crippen LogP contribution in [0.4, 0.5) is 5.69 Å². The summed E-state index contributed by atoms with van der Waals surface area (Å²) >= 11 is 0. The highest BCUT2D eigenvalue weighted by Crippen LogP contribution is 2.23. The maximum Gasteiger partial charge on any atom is 0.259 e. The summed E-state index contributed by atoms with van der Waals surface area (Å²) in [6.07, 6.45) is 3.86. The lowest BCUT2D eigenvalue weighted by molar-refractivity contribution is 0.0518. The van der Waals surface area contributed by atoms with Gasteiger partial charge in [0.15, 0.2) is 0 Å². The van der Waals surface area contributed by atoms with Gasteiger partial charge in [-0.05, 0) is 19.4 Å². The number of ether oxygens (including phenoxy) is 1. The fourth-order valence-corrected chi connectivity index (χ4v) is 1.63. The zero-order valence-electron chi connectivity index (χ0n) is 10.5. The van der Waals surface area contributed by atoms with E-state index >= 15 is 0 Å². The van der Waals surface area contributed by atoms with Crippen molar-refractivity contribution in [2.75, 3.05) is 12.3 Å². The van der Waals surface area contributed by atoms with Crippen molar-refractivity contribution in [1.82, 2.24) is 15.1 Å². The summed E-state index contributed by atoms with van der Waals surface area (Å²) in [6.45, 7) is 4.56. The van der Waals surface area contributed by atoms with Crippen LogP contribution in [0.5, 0.6) is 0 Å². The fraction of sp³-hybridized carbons (Fsp3) is 0.417. The number of rotatable bonds is 5. The van der Waals surface area contributed by atoms with E-state index in [0.717, 1.165) is 6.42 Å². The largest absolute Gasteiger partial charge is 0.397 e. The van der Waals surface area contributed by atoms with Crippen LogP contribution in [0.25, 0.3) is 11.5 Å². The minimum atomic E-state index is -0.137. The third-order valence-electron chi connectivity index (χ3n) is 2.47. The van der Waals surface area contributed by atoms with E-state index in [9.17, 15) is 0 Å². The Balaban J connectivity index is 2.24. The summed E-state index contributed by atoms with van der Waals surface area (Å²) < 4.78 is 10.7. The monoisotopic (exact) mass is 248 g/mol. The van der Waals surface area contributed by atoms with Crippen molar-refractivity contribution < 1.29 is 9.26 Å². The van der Waals surface area contributed by atoms with Crippen LogP contribution in [0.2, 0.25) is 0 Å². The molecule has 2 heterocycles. The molecule has 1 atom stereocenters. The van der Waals surface area contributed by atoms with E-state index in [2.05, 4.69) is 15.1 Å².